The number of aryl methyl sites for hydroxylation is 1. The van der Waals surface area contributed by atoms with Gasteiger partial charge in [0.05, 0.1) is 12.7 Å². The molecule has 2 aliphatic carbocycles. The van der Waals surface area contributed by atoms with Crippen molar-refractivity contribution in [3.63, 3.8) is 0 Å². The van der Waals surface area contributed by atoms with Gasteiger partial charge >= 0.3 is 0 Å². The second-order valence-electron chi connectivity index (χ2n) is 12.5. The first-order chi connectivity index (χ1) is 23.6. The molecule has 0 atom stereocenters. The standard InChI is InChI=1S/C19H23F2N3O.C17H20F2N4O.2ClH/c1-4-14(11-20)12-25-16-7-5-15(6-8-16)17-22-18(19(21)9-10-19)24(23-17)13(2)3;1-2-23-16(17(19)7-8-17)21-15(22-23)13-3-5-14(6-4-13)24-11-12(9-18)10-20;;/h5-8,11,13H,4,9-10,12H2,1-3H3;3-6,9H,2,7-8,10-11,20H2,1H3;2*1H/b14-11+;12-9+;;. The maximum absolute atomic E-state index is 14.5. The summed E-state index contributed by atoms with van der Waals surface area (Å²) in [5.41, 5.74) is 5.29. The first kappa shape index (κ1) is 41.5. The molecule has 2 fully saturated rings. The van der Waals surface area contributed by atoms with Gasteiger partial charge in [0.2, 0.25) is 0 Å². The Kier molecular flexibility index (Phi) is 14.6. The first-order valence-electron chi connectivity index (χ1n) is 16.6. The van der Waals surface area contributed by atoms with E-state index in [1.165, 1.54) is 0 Å². The van der Waals surface area contributed by atoms with Crippen LogP contribution in [0.25, 0.3) is 22.8 Å². The van der Waals surface area contributed by atoms with E-state index in [4.69, 9.17) is 15.2 Å². The van der Waals surface area contributed by atoms with Gasteiger partial charge in [0.1, 0.15) is 24.7 Å². The molecule has 0 spiro atoms. The molecule has 9 nitrogen and oxygen atoms in total. The number of alkyl halides is 2. The molecule has 2 aromatic carbocycles. The molecule has 0 radical (unpaired) electrons. The van der Waals surface area contributed by atoms with Gasteiger partial charge in [-0.2, -0.15) is 10.2 Å². The number of benzene rings is 2. The second-order valence-corrected chi connectivity index (χ2v) is 12.5. The Labute approximate surface area is 308 Å². The number of ether oxygens (including phenoxy) is 2. The van der Waals surface area contributed by atoms with Crippen molar-refractivity contribution in [2.75, 3.05) is 19.8 Å². The van der Waals surface area contributed by atoms with Crippen molar-refractivity contribution in [3.8, 4) is 34.3 Å². The second kappa shape index (κ2) is 18.0. The number of nitrogens with zero attached hydrogens (tertiary/aromatic N) is 6. The van der Waals surface area contributed by atoms with E-state index in [9.17, 15) is 17.6 Å². The van der Waals surface area contributed by atoms with Crippen LogP contribution in [0.15, 0.2) is 72.3 Å². The number of rotatable bonds is 14. The fraction of sp³-hybridized carbons (Fsp3) is 0.444. The predicted octanol–water partition coefficient (Wildman–Crippen LogP) is 9.08. The molecule has 0 aliphatic heterocycles. The van der Waals surface area contributed by atoms with E-state index in [0.717, 1.165) is 11.1 Å². The quantitative estimate of drug-likeness (QED) is 0.128. The molecule has 2 N–H and O–H groups in total. The highest BCUT2D eigenvalue weighted by Crippen LogP contribution is 2.50. The van der Waals surface area contributed by atoms with Crippen molar-refractivity contribution in [1.29, 1.82) is 0 Å². The van der Waals surface area contributed by atoms with Crippen molar-refractivity contribution >= 4 is 24.8 Å². The summed E-state index contributed by atoms with van der Waals surface area (Å²) >= 11 is 0. The summed E-state index contributed by atoms with van der Waals surface area (Å²) in [5, 5.41) is 8.87. The van der Waals surface area contributed by atoms with Gasteiger partial charge < -0.3 is 15.2 Å². The zero-order valence-electron chi connectivity index (χ0n) is 29.1. The van der Waals surface area contributed by atoms with E-state index < -0.39 is 11.3 Å². The third-order valence-electron chi connectivity index (χ3n) is 8.37. The van der Waals surface area contributed by atoms with Gasteiger partial charge in [0, 0.05) is 35.8 Å². The molecule has 2 saturated carbocycles. The number of halogens is 6. The first-order valence-corrected chi connectivity index (χ1v) is 16.6. The fourth-order valence-corrected chi connectivity index (χ4v) is 4.89. The molecule has 278 valence electrons. The van der Waals surface area contributed by atoms with Crippen molar-refractivity contribution in [3.05, 3.63) is 84.0 Å². The highest BCUT2D eigenvalue weighted by atomic mass is 35.5. The lowest BCUT2D eigenvalue weighted by molar-refractivity contribution is 0.279. The maximum atomic E-state index is 14.5. The summed E-state index contributed by atoms with van der Waals surface area (Å²) in [4.78, 5) is 8.82. The van der Waals surface area contributed by atoms with Gasteiger partial charge in [-0.1, -0.05) is 6.92 Å². The lowest BCUT2D eigenvalue weighted by Gasteiger charge is -2.10. The highest BCUT2D eigenvalue weighted by Gasteiger charge is 2.50. The van der Waals surface area contributed by atoms with Crippen molar-refractivity contribution in [1.82, 2.24) is 29.5 Å². The van der Waals surface area contributed by atoms with Crippen LogP contribution < -0.4 is 15.2 Å². The summed E-state index contributed by atoms with van der Waals surface area (Å²) in [5.74, 6) is 3.06. The average molecular weight is 755 g/mol. The smallest absolute Gasteiger partial charge is 0.181 e. The van der Waals surface area contributed by atoms with Crippen LogP contribution in [0.2, 0.25) is 0 Å². The molecule has 2 heterocycles. The normalized spacial score (nSPS) is 15.6. The Hall–Kier alpha value is -3.94. The molecular formula is C36H45Cl2F4N7O2. The largest absolute Gasteiger partial charge is 0.489 e. The Balaban J connectivity index is 0.000000265. The number of hydrogen-bond donors (Lipinski definition) is 1. The zero-order valence-corrected chi connectivity index (χ0v) is 30.8. The number of nitrogens with two attached hydrogens (primary N) is 1. The monoisotopic (exact) mass is 753 g/mol. The minimum atomic E-state index is -1.33. The summed E-state index contributed by atoms with van der Waals surface area (Å²) in [6, 6.07) is 14.4. The molecule has 4 aromatic rings. The molecule has 0 bridgehead atoms. The molecule has 0 saturated heterocycles. The minimum absolute atomic E-state index is 0. The summed E-state index contributed by atoms with van der Waals surface area (Å²) < 4.78 is 68.2. The summed E-state index contributed by atoms with van der Waals surface area (Å²) in [7, 11) is 0. The number of aromatic nitrogens is 6. The molecule has 15 heteroatoms. The Morgan fingerprint density at radius 3 is 1.63 bits per heavy atom. The minimum Gasteiger partial charge on any atom is -0.489 e. The summed E-state index contributed by atoms with van der Waals surface area (Å²) in [6.45, 7) is 8.74. The van der Waals surface area contributed by atoms with Crippen LogP contribution in [0.1, 0.15) is 77.5 Å². The molecule has 0 amide bonds. The van der Waals surface area contributed by atoms with Gasteiger partial charge in [-0.25, -0.2) is 36.9 Å². The zero-order chi connectivity index (χ0) is 35.2. The highest BCUT2D eigenvalue weighted by molar-refractivity contribution is 5.85. The Morgan fingerprint density at radius 1 is 0.765 bits per heavy atom. The van der Waals surface area contributed by atoms with Crippen LogP contribution in [0.5, 0.6) is 11.5 Å². The molecule has 51 heavy (non-hydrogen) atoms. The third kappa shape index (κ3) is 10.1. The number of hydrogen-bond acceptors (Lipinski definition) is 7. The Bertz CT molecular complexity index is 1770. The van der Waals surface area contributed by atoms with Crippen molar-refractivity contribution < 1.29 is 27.0 Å². The van der Waals surface area contributed by atoms with Crippen LogP contribution in [-0.2, 0) is 17.9 Å². The van der Waals surface area contributed by atoms with E-state index in [0.29, 0.717) is 97.3 Å². The van der Waals surface area contributed by atoms with Crippen LogP contribution in [0.4, 0.5) is 17.6 Å². The molecular weight excluding hydrogens is 709 g/mol. The van der Waals surface area contributed by atoms with E-state index in [-0.39, 0.29) is 50.6 Å². The average Bonchev–Trinajstić information content (AvgIpc) is 3.92. The van der Waals surface area contributed by atoms with E-state index in [1.54, 1.807) is 45.8 Å². The lowest BCUT2D eigenvalue weighted by atomic mass is 10.2. The fourth-order valence-electron chi connectivity index (χ4n) is 4.89. The van der Waals surface area contributed by atoms with E-state index in [2.05, 4.69) is 20.2 Å². The lowest BCUT2D eigenvalue weighted by Crippen LogP contribution is -2.13. The predicted molar refractivity (Wildman–Crippen MR) is 194 cm³/mol. The molecule has 0 unspecified atom stereocenters. The topological polar surface area (TPSA) is 106 Å². The van der Waals surface area contributed by atoms with Gasteiger partial charge in [-0.05, 0) is 107 Å². The van der Waals surface area contributed by atoms with Crippen molar-refractivity contribution in [2.45, 2.75) is 83.7 Å². The van der Waals surface area contributed by atoms with Crippen LogP contribution >= 0.6 is 24.8 Å². The van der Waals surface area contributed by atoms with Crippen molar-refractivity contribution in [2.24, 2.45) is 5.73 Å². The third-order valence-corrected chi connectivity index (χ3v) is 8.37. The van der Waals surface area contributed by atoms with Gasteiger partial charge in [0.15, 0.2) is 34.6 Å². The van der Waals surface area contributed by atoms with E-state index in [1.807, 2.05) is 39.8 Å². The maximum Gasteiger partial charge on any atom is 0.181 e. The van der Waals surface area contributed by atoms with Gasteiger partial charge in [-0.3, -0.25) is 0 Å². The molecule has 6 rings (SSSR count). The van der Waals surface area contributed by atoms with Crippen LogP contribution in [0, 0.1) is 0 Å². The molecule has 2 aliphatic rings. The SMILES string of the molecule is CC/C(=C\F)COc1ccc(-c2nc(C3(F)CC3)n(C(C)C)n2)cc1.CCn1nc(-c2ccc(OC/C(=C/F)CN)cc2)nc1C1(F)CC1.Cl.Cl. The Morgan fingerprint density at radius 2 is 1.22 bits per heavy atom. The van der Waals surface area contributed by atoms with Gasteiger partial charge in [0.25, 0.3) is 0 Å². The summed E-state index contributed by atoms with van der Waals surface area (Å²) in [6.07, 6.45) is 3.68. The molecule has 2 aromatic heterocycles. The van der Waals surface area contributed by atoms with Crippen LogP contribution in [-0.4, -0.2) is 49.3 Å². The van der Waals surface area contributed by atoms with Crippen LogP contribution in [0.3, 0.4) is 0 Å². The van der Waals surface area contributed by atoms with Gasteiger partial charge in [-0.15, -0.1) is 24.8 Å². The van der Waals surface area contributed by atoms with E-state index >= 15 is 0 Å².